The van der Waals surface area contributed by atoms with Crippen LogP contribution in [-0.2, 0) is 0 Å². The Balaban J connectivity index is 2.25. The molecule has 0 aliphatic rings. The molecule has 1 N–H and O–H groups in total. The second-order valence-corrected chi connectivity index (χ2v) is 7.74. The van der Waals surface area contributed by atoms with Gasteiger partial charge >= 0.3 is 5.97 Å². The molecule has 0 bridgehead atoms. The van der Waals surface area contributed by atoms with Crippen molar-refractivity contribution in [3.8, 4) is 5.75 Å². The van der Waals surface area contributed by atoms with Crippen LogP contribution in [0.4, 0.5) is 0 Å². The van der Waals surface area contributed by atoms with Gasteiger partial charge in [-0.2, -0.15) is 0 Å². The van der Waals surface area contributed by atoms with Crippen LogP contribution in [0.15, 0.2) is 24.3 Å². The molecule has 0 aromatic heterocycles. The molecule has 0 heterocycles. The molecule has 3 nitrogen and oxygen atoms in total. The summed E-state index contributed by atoms with van der Waals surface area (Å²) in [7, 11) is 0. The van der Waals surface area contributed by atoms with Crippen molar-refractivity contribution in [2.45, 2.75) is 97.3 Å². The number of carboxylic acids is 1. The lowest BCUT2D eigenvalue weighted by molar-refractivity contribution is 0.0696. The zero-order chi connectivity index (χ0) is 19.7. The summed E-state index contributed by atoms with van der Waals surface area (Å²) >= 11 is 0. The van der Waals surface area contributed by atoms with Crippen LogP contribution >= 0.6 is 0 Å². The predicted octanol–water partition coefficient (Wildman–Crippen LogP) is 7.49. The van der Waals surface area contributed by atoms with E-state index in [-0.39, 0.29) is 5.56 Å². The average molecular weight is 377 g/mol. The van der Waals surface area contributed by atoms with Gasteiger partial charge in [-0.3, -0.25) is 0 Å². The Morgan fingerprint density at radius 2 is 1.52 bits per heavy atom. The molecule has 0 fully saturated rings. The molecular formula is C24H40O3. The number of aromatic carboxylic acids is 1. The Morgan fingerprint density at radius 1 is 0.889 bits per heavy atom. The van der Waals surface area contributed by atoms with E-state index in [9.17, 15) is 4.79 Å². The zero-order valence-corrected chi connectivity index (χ0v) is 17.5. The van der Waals surface area contributed by atoms with Crippen molar-refractivity contribution in [2.75, 3.05) is 6.61 Å². The van der Waals surface area contributed by atoms with Gasteiger partial charge in [-0.25, -0.2) is 4.79 Å². The largest absolute Gasteiger partial charge is 0.494 e. The Labute approximate surface area is 166 Å². The Kier molecular flexibility index (Phi) is 13.5. The van der Waals surface area contributed by atoms with Gasteiger partial charge in [0.1, 0.15) is 5.75 Å². The van der Waals surface area contributed by atoms with Crippen molar-refractivity contribution in [3.63, 3.8) is 0 Å². The van der Waals surface area contributed by atoms with Gasteiger partial charge in [0.2, 0.25) is 0 Å². The SMILES string of the molecule is CCCCCCCCCCC(CCCC)CCOc1cccc(C(=O)O)c1. The normalized spacial score (nSPS) is 12.1. The third kappa shape index (κ3) is 11.7. The maximum absolute atomic E-state index is 11.0. The Hall–Kier alpha value is -1.51. The number of ether oxygens (including phenoxy) is 1. The molecule has 1 unspecified atom stereocenters. The molecule has 1 atom stereocenters. The Bertz CT molecular complexity index is 498. The fraction of sp³-hybridized carbons (Fsp3) is 0.708. The van der Waals surface area contributed by atoms with Crippen molar-refractivity contribution in [1.29, 1.82) is 0 Å². The third-order valence-electron chi connectivity index (χ3n) is 5.31. The highest BCUT2D eigenvalue weighted by atomic mass is 16.5. The maximum Gasteiger partial charge on any atom is 0.335 e. The molecular weight excluding hydrogens is 336 g/mol. The standard InChI is InChI=1S/C24H40O3/c1-3-5-7-8-9-10-11-12-15-21(14-6-4-2)18-19-27-23-17-13-16-22(20-23)24(25)26/h13,16-17,20-21H,3-12,14-15,18-19H2,1-2H3,(H,25,26). The quantitative estimate of drug-likeness (QED) is 0.286. The highest BCUT2D eigenvalue weighted by Crippen LogP contribution is 2.22. The van der Waals surface area contributed by atoms with Crippen LogP contribution < -0.4 is 4.74 Å². The molecule has 0 spiro atoms. The van der Waals surface area contributed by atoms with Gasteiger partial charge in [0, 0.05) is 0 Å². The number of unbranched alkanes of at least 4 members (excludes halogenated alkanes) is 8. The molecule has 1 aromatic carbocycles. The number of hydrogen-bond donors (Lipinski definition) is 1. The summed E-state index contributed by atoms with van der Waals surface area (Å²) in [5, 5.41) is 9.07. The van der Waals surface area contributed by atoms with E-state index in [1.165, 1.54) is 77.0 Å². The van der Waals surface area contributed by atoms with Crippen molar-refractivity contribution in [3.05, 3.63) is 29.8 Å². The van der Waals surface area contributed by atoms with Gasteiger partial charge in [0.05, 0.1) is 12.2 Å². The Morgan fingerprint density at radius 3 is 2.19 bits per heavy atom. The van der Waals surface area contributed by atoms with Gasteiger partial charge in [0.15, 0.2) is 0 Å². The molecule has 1 rings (SSSR count). The fourth-order valence-electron chi connectivity index (χ4n) is 3.56. The minimum atomic E-state index is -0.907. The molecule has 154 valence electrons. The van der Waals surface area contributed by atoms with Crippen molar-refractivity contribution in [2.24, 2.45) is 5.92 Å². The van der Waals surface area contributed by atoms with Crippen LogP contribution in [0.25, 0.3) is 0 Å². The molecule has 0 radical (unpaired) electrons. The number of benzene rings is 1. The lowest BCUT2D eigenvalue weighted by Gasteiger charge is -2.17. The van der Waals surface area contributed by atoms with Crippen LogP contribution in [0, 0.1) is 5.92 Å². The third-order valence-corrected chi connectivity index (χ3v) is 5.31. The summed E-state index contributed by atoms with van der Waals surface area (Å²) in [4.78, 5) is 11.0. The first-order valence-electron chi connectivity index (χ1n) is 11.1. The van der Waals surface area contributed by atoms with E-state index in [1.807, 2.05) is 6.07 Å². The van der Waals surface area contributed by atoms with E-state index in [0.717, 1.165) is 12.3 Å². The topological polar surface area (TPSA) is 46.5 Å². The molecule has 0 saturated carbocycles. The molecule has 0 saturated heterocycles. The first-order chi connectivity index (χ1) is 13.2. The number of carbonyl (C=O) groups is 1. The average Bonchev–Trinajstić information content (AvgIpc) is 2.67. The highest BCUT2D eigenvalue weighted by molar-refractivity contribution is 5.87. The van der Waals surface area contributed by atoms with Gasteiger partial charge in [0.25, 0.3) is 0 Å². The monoisotopic (exact) mass is 376 g/mol. The van der Waals surface area contributed by atoms with Crippen LogP contribution in [0.5, 0.6) is 5.75 Å². The first kappa shape index (κ1) is 23.5. The summed E-state index contributed by atoms with van der Waals surface area (Å²) in [6.45, 7) is 5.19. The maximum atomic E-state index is 11.0. The number of carboxylic acid groups (broad SMARTS) is 1. The zero-order valence-electron chi connectivity index (χ0n) is 17.5. The van der Waals surface area contributed by atoms with Crippen LogP contribution in [0.3, 0.4) is 0 Å². The minimum absolute atomic E-state index is 0.286. The summed E-state index contributed by atoms with van der Waals surface area (Å²) in [6, 6.07) is 6.79. The number of hydrogen-bond acceptors (Lipinski definition) is 2. The fourth-order valence-corrected chi connectivity index (χ4v) is 3.56. The van der Waals surface area contributed by atoms with E-state index in [1.54, 1.807) is 18.2 Å². The van der Waals surface area contributed by atoms with Crippen molar-refractivity contribution >= 4 is 5.97 Å². The lowest BCUT2D eigenvalue weighted by atomic mass is 9.92. The molecule has 0 aliphatic heterocycles. The second-order valence-electron chi connectivity index (χ2n) is 7.74. The van der Waals surface area contributed by atoms with E-state index in [2.05, 4.69) is 13.8 Å². The van der Waals surface area contributed by atoms with E-state index in [0.29, 0.717) is 12.4 Å². The second kappa shape index (κ2) is 15.5. The highest BCUT2D eigenvalue weighted by Gasteiger charge is 2.10. The van der Waals surface area contributed by atoms with E-state index in [4.69, 9.17) is 9.84 Å². The smallest absolute Gasteiger partial charge is 0.335 e. The van der Waals surface area contributed by atoms with Gasteiger partial charge < -0.3 is 9.84 Å². The molecule has 3 heteroatoms. The lowest BCUT2D eigenvalue weighted by Crippen LogP contribution is -2.08. The summed E-state index contributed by atoms with van der Waals surface area (Å²) < 4.78 is 5.83. The van der Waals surface area contributed by atoms with Crippen molar-refractivity contribution in [1.82, 2.24) is 0 Å². The van der Waals surface area contributed by atoms with Crippen LogP contribution in [-0.4, -0.2) is 17.7 Å². The van der Waals surface area contributed by atoms with Gasteiger partial charge in [-0.05, 0) is 30.5 Å². The van der Waals surface area contributed by atoms with Crippen LogP contribution in [0.1, 0.15) is 108 Å². The van der Waals surface area contributed by atoms with Crippen molar-refractivity contribution < 1.29 is 14.6 Å². The van der Waals surface area contributed by atoms with E-state index >= 15 is 0 Å². The minimum Gasteiger partial charge on any atom is -0.494 e. The van der Waals surface area contributed by atoms with Crippen LogP contribution in [0.2, 0.25) is 0 Å². The first-order valence-corrected chi connectivity index (χ1v) is 11.1. The van der Waals surface area contributed by atoms with E-state index < -0.39 is 5.97 Å². The number of rotatable bonds is 17. The summed E-state index contributed by atoms with van der Waals surface area (Å²) in [5.74, 6) is 0.486. The molecule has 27 heavy (non-hydrogen) atoms. The summed E-state index contributed by atoms with van der Waals surface area (Å²) in [5.41, 5.74) is 0.286. The van der Waals surface area contributed by atoms with Gasteiger partial charge in [-0.15, -0.1) is 0 Å². The van der Waals surface area contributed by atoms with Gasteiger partial charge in [-0.1, -0.05) is 97.0 Å². The predicted molar refractivity (Wildman–Crippen MR) is 114 cm³/mol. The molecule has 0 amide bonds. The molecule has 0 aliphatic carbocycles. The molecule has 1 aromatic rings. The summed E-state index contributed by atoms with van der Waals surface area (Å²) in [6.07, 6.45) is 17.1.